The molecule has 1 aromatic rings. The first kappa shape index (κ1) is 10.8. The first-order valence-corrected chi connectivity index (χ1v) is 4.76. The molecule has 0 unspecified atom stereocenters. The van der Waals surface area contributed by atoms with Crippen LogP contribution in [0.4, 0.5) is 0 Å². The third kappa shape index (κ3) is 3.62. The van der Waals surface area contributed by atoms with Crippen LogP contribution in [0.1, 0.15) is 19.4 Å². The summed E-state index contributed by atoms with van der Waals surface area (Å²) in [6.45, 7) is 4.07. The van der Waals surface area contributed by atoms with E-state index in [1.54, 1.807) is 6.08 Å². The molecule has 2 nitrogen and oxygen atoms in total. The highest BCUT2D eigenvalue weighted by Crippen LogP contribution is 2.14. The molecule has 0 saturated heterocycles. The lowest BCUT2D eigenvalue weighted by atomic mass is 10.2. The second-order valence-electron chi connectivity index (χ2n) is 3.32. The van der Waals surface area contributed by atoms with Gasteiger partial charge in [-0.2, -0.15) is 0 Å². The predicted octanol–water partition coefficient (Wildman–Crippen LogP) is 2.48. The van der Waals surface area contributed by atoms with Crippen molar-refractivity contribution in [3.8, 4) is 5.75 Å². The highest BCUT2D eigenvalue weighted by molar-refractivity contribution is 5.50. The second kappa shape index (κ2) is 5.45. The Morgan fingerprint density at radius 3 is 2.43 bits per heavy atom. The number of rotatable bonds is 4. The molecule has 0 aromatic heterocycles. The lowest BCUT2D eigenvalue weighted by molar-refractivity contribution is 0.242. The topological polar surface area (TPSA) is 29.5 Å². The van der Waals surface area contributed by atoms with Gasteiger partial charge in [-0.1, -0.05) is 24.3 Å². The highest BCUT2D eigenvalue weighted by atomic mass is 16.5. The van der Waals surface area contributed by atoms with Crippen molar-refractivity contribution in [2.24, 2.45) is 0 Å². The fourth-order valence-corrected chi connectivity index (χ4v) is 1.12. The summed E-state index contributed by atoms with van der Waals surface area (Å²) in [6, 6.07) is 7.78. The molecule has 0 fully saturated rings. The molecule has 0 atom stereocenters. The van der Waals surface area contributed by atoms with Crippen LogP contribution in [0.2, 0.25) is 0 Å². The van der Waals surface area contributed by atoms with Crippen molar-refractivity contribution >= 4 is 6.08 Å². The van der Waals surface area contributed by atoms with Crippen molar-refractivity contribution in [3.63, 3.8) is 0 Å². The van der Waals surface area contributed by atoms with Crippen LogP contribution in [0.3, 0.4) is 0 Å². The number of ether oxygens (including phenoxy) is 1. The van der Waals surface area contributed by atoms with Crippen molar-refractivity contribution in [1.82, 2.24) is 0 Å². The van der Waals surface area contributed by atoms with E-state index >= 15 is 0 Å². The maximum atomic E-state index is 8.59. The fourth-order valence-electron chi connectivity index (χ4n) is 1.12. The minimum absolute atomic E-state index is 0.0737. The Morgan fingerprint density at radius 1 is 1.29 bits per heavy atom. The van der Waals surface area contributed by atoms with Gasteiger partial charge in [0, 0.05) is 0 Å². The van der Waals surface area contributed by atoms with Gasteiger partial charge in [0.15, 0.2) is 0 Å². The van der Waals surface area contributed by atoms with Crippen LogP contribution in [0.5, 0.6) is 5.75 Å². The Labute approximate surface area is 84.8 Å². The van der Waals surface area contributed by atoms with Crippen molar-refractivity contribution in [2.75, 3.05) is 6.61 Å². The van der Waals surface area contributed by atoms with Gasteiger partial charge in [0.25, 0.3) is 0 Å². The second-order valence-corrected chi connectivity index (χ2v) is 3.32. The monoisotopic (exact) mass is 192 g/mol. The largest absolute Gasteiger partial charge is 0.491 e. The number of aliphatic hydroxyl groups excluding tert-OH is 1. The Balaban J connectivity index is 2.64. The van der Waals surface area contributed by atoms with E-state index in [4.69, 9.17) is 9.84 Å². The summed E-state index contributed by atoms with van der Waals surface area (Å²) in [7, 11) is 0. The minimum atomic E-state index is 0.0737. The normalized spacial score (nSPS) is 11.1. The zero-order valence-corrected chi connectivity index (χ0v) is 8.60. The first-order valence-electron chi connectivity index (χ1n) is 4.76. The van der Waals surface area contributed by atoms with Crippen molar-refractivity contribution < 1.29 is 9.84 Å². The number of benzene rings is 1. The highest BCUT2D eigenvalue weighted by Gasteiger charge is 1.95. The molecule has 1 N–H and O–H groups in total. The Morgan fingerprint density at radius 2 is 1.93 bits per heavy atom. The zero-order chi connectivity index (χ0) is 10.4. The SMILES string of the molecule is CC(C)Oc1ccc(C=CCO)cc1. The number of hydrogen-bond donors (Lipinski definition) is 1. The number of aliphatic hydroxyl groups is 1. The van der Waals surface area contributed by atoms with Crippen LogP contribution in [-0.4, -0.2) is 17.8 Å². The molecule has 76 valence electrons. The summed E-state index contributed by atoms with van der Waals surface area (Å²) in [5, 5.41) is 8.59. The Kier molecular flexibility index (Phi) is 4.20. The van der Waals surface area contributed by atoms with E-state index in [9.17, 15) is 0 Å². The van der Waals surface area contributed by atoms with Gasteiger partial charge in [0.1, 0.15) is 5.75 Å². The molecule has 1 rings (SSSR count). The molecule has 1 aromatic carbocycles. The molecule has 2 heteroatoms. The first-order chi connectivity index (χ1) is 6.72. The summed E-state index contributed by atoms with van der Waals surface area (Å²) in [5.74, 6) is 0.876. The van der Waals surface area contributed by atoms with Crippen LogP contribution in [-0.2, 0) is 0 Å². The third-order valence-corrected chi connectivity index (χ3v) is 1.67. The summed E-state index contributed by atoms with van der Waals surface area (Å²) in [5.41, 5.74) is 1.06. The Bertz CT molecular complexity index is 286. The molecule has 0 spiro atoms. The van der Waals surface area contributed by atoms with Gasteiger partial charge in [0.2, 0.25) is 0 Å². The van der Waals surface area contributed by atoms with Crippen LogP contribution in [0.25, 0.3) is 6.08 Å². The van der Waals surface area contributed by atoms with Gasteiger partial charge in [0.05, 0.1) is 12.7 Å². The van der Waals surface area contributed by atoms with Crippen LogP contribution in [0.15, 0.2) is 30.3 Å². The predicted molar refractivity (Wildman–Crippen MR) is 58.3 cm³/mol. The smallest absolute Gasteiger partial charge is 0.119 e. The van der Waals surface area contributed by atoms with E-state index in [1.165, 1.54) is 0 Å². The minimum Gasteiger partial charge on any atom is -0.491 e. The lowest BCUT2D eigenvalue weighted by Gasteiger charge is -2.09. The van der Waals surface area contributed by atoms with E-state index in [0.29, 0.717) is 0 Å². The standard InChI is InChI=1S/C12H16O2/c1-10(2)14-12-7-5-11(6-8-12)4-3-9-13/h3-8,10,13H,9H2,1-2H3. The summed E-state index contributed by atoms with van der Waals surface area (Å²) < 4.78 is 5.50. The van der Waals surface area contributed by atoms with Gasteiger partial charge in [-0.3, -0.25) is 0 Å². The lowest BCUT2D eigenvalue weighted by Crippen LogP contribution is -2.05. The van der Waals surface area contributed by atoms with E-state index < -0.39 is 0 Å². The number of hydrogen-bond acceptors (Lipinski definition) is 2. The maximum Gasteiger partial charge on any atom is 0.119 e. The molecule has 0 radical (unpaired) electrons. The molecule has 0 heterocycles. The summed E-state index contributed by atoms with van der Waals surface area (Å²) in [4.78, 5) is 0. The van der Waals surface area contributed by atoms with Gasteiger partial charge in [-0.25, -0.2) is 0 Å². The quantitative estimate of drug-likeness (QED) is 0.794. The van der Waals surface area contributed by atoms with Crippen LogP contribution >= 0.6 is 0 Å². The van der Waals surface area contributed by atoms with Crippen molar-refractivity contribution in [3.05, 3.63) is 35.9 Å². The molecule has 0 bridgehead atoms. The van der Waals surface area contributed by atoms with Crippen molar-refractivity contribution in [2.45, 2.75) is 20.0 Å². The van der Waals surface area contributed by atoms with Crippen LogP contribution < -0.4 is 4.74 Å². The molecule has 0 saturated carbocycles. The van der Waals surface area contributed by atoms with E-state index in [2.05, 4.69) is 0 Å². The van der Waals surface area contributed by atoms with E-state index in [-0.39, 0.29) is 12.7 Å². The van der Waals surface area contributed by atoms with Gasteiger partial charge in [-0.05, 0) is 31.5 Å². The summed E-state index contributed by atoms with van der Waals surface area (Å²) >= 11 is 0. The average Bonchev–Trinajstić information content (AvgIpc) is 2.16. The molecule has 0 aliphatic heterocycles. The molecule has 0 aliphatic rings. The van der Waals surface area contributed by atoms with Crippen molar-refractivity contribution in [1.29, 1.82) is 0 Å². The molecular weight excluding hydrogens is 176 g/mol. The average molecular weight is 192 g/mol. The molecule has 14 heavy (non-hydrogen) atoms. The fraction of sp³-hybridized carbons (Fsp3) is 0.333. The van der Waals surface area contributed by atoms with Crippen LogP contribution in [0, 0.1) is 0 Å². The third-order valence-electron chi connectivity index (χ3n) is 1.67. The summed E-state index contributed by atoms with van der Waals surface area (Å²) in [6.07, 6.45) is 3.78. The Hall–Kier alpha value is -1.28. The van der Waals surface area contributed by atoms with E-state index in [1.807, 2.05) is 44.2 Å². The zero-order valence-electron chi connectivity index (χ0n) is 8.60. The van der Waals surface area contributed by atoms with Gasteiger partial charge in [-0.15, -0.1) is 0 Å². The van der Waals surface area contributed by atoms with E-state index in [0.717, 1.165) is 11.3 Å². The van der Waals surface area contributed by atoms with Gasteiger partial charge < -0.3 is 9.84 Å². The molecular formula is C12H16O2. The molecule has 0 amide bonds. The molecule has 0 aliphatic carbocycles. The maximum absolute atomic E-state index is 8.59. The van der Waals surface area contributed by atoms with Gasteiger partial charge >= 0.3 is 0 Å².